The lowest BCUT2D eigenvalue weighted by Gasteiger charge is -2.12. The van der Waals surface area contributed by atoms with E-state index < -0.39 is 0 Å². The second kappa shape index (κ2) is 60.1. The Labute approximate surface area is 893 Å². The number of benzene rings is 11. The molecular formula is C111H116N12S16. The Morgan fingerprint density at radius 2 is 0.827 bits per heavy atom. The molecule has 139 heavy (non-hydrogen) atoms. The zero-order chi connectivity index (χ0) is 97.6. The number of unbranched alkanes of at least 4 members (excludes halogenated alkanes) is 1. The summed E-state index contributed by atoms with van der Waals surface area (Å²) in [5.74, 6) is 2.67. The van der Waals surface area contributed by atoms with E-state index >= 15 is 0 Å². The van der Waals surface area contributed by atoms with Gasteiger partial charge < -0.3 is 57.2 Å². The number of nitrogens with one attached hydrogen (secondary N) is 11. The Morgan fingerprint density at radius 1 is 0.388 bits per heavy atom. The van der Waals surface area contributed by atoms with E-state index in [4.69, 9.17) is 85.5 Å². The molecule has 0 amide bonds. The average molecular weight is 2130 g/mol. The molecule has 0 fully saturated rings. The number of aryl methyl sites for hydroxylation is 2. The second-order valence-corrected chi connectivity index (χ2v) is 44.6. The SMILES string of the molecule is C=CCSC(=S)NCc1c[nH]c2ccccc12.CCCCc1cc2c(cn1)[nH]c1ccccc12.CSC(=S)NC1Cc2ccccc2C1.CSC(=S)NCCCc1csc2ccccc12.CSC(=S)NCCc1csc2ccccc12.CSC(=S)Nc1ccc2ccccc2c1.S=C(NCCc1c[nH]c2ccccc12)SCc1ccccc1.S=C(NCc1c[nH]c2ccccc12)SCc1ccccc1. The normalized spacial score (nSPS) is 11.1. The molecule has 12 nitrogen and oxygen atoms in total. The van der Waals surface area contributed by atoms with E-state index in [0.29, 0.717) is 6.04 Å². The molecule has 0 bridgehead atoms. The zero-order valence-electron chi connectivity index (χ0n) is 78.4. The van der Waals surface area contributed by atoms with E-state index in [1.807, 2.05) is 121 Å². The number of hydrogen-bond acceptors (Lipinski definition) is 17. The van der Waals surface area contributed by atoms with Crippen LogP contribution in [0, 0.1) is 0 Å². The number of thioether (sulfide) groups is 7. The summed E-state index contributed by atoms with van der Waals surface area (Å²) in [4.78, 5) is 17.7. The molecular weight excluding hydrogens is 2010 g/mol. The van der Waals surface area contributed by atoms with Crippen LogP contribution >= 0.6 is 191 Å². The van der Waals surface area contributed by atoms with Crippen molar-refractivity contribution < 1.29 is 0 Å². The number of rotatable bonds is 25. The number of thiocarbonyl (C=S) groups is 7. The van der Waals surface area contributed by atoms with Crippen LogP contribution in [-0.4, -0.2) is 112 Å². The minimum absolute atomic E-state index is 0.507. The van der Waals surface area contributed by atoms with Crippen LogP contribution in [0.1, 0.15) is 82.0 Å². The van der Waals surface area contributed by atoms with Crippen molar-refractivity contribution in [2.75, 3.05) is 55.7 Å². The van der Waals surface area contributed by atoms with Crippen molar-refractivity contribution in [3.05, 3.63) is 383 Å². The summed E-state index contributed by atoms with van der Waals surface area (Å²) in [6.07, 6.45) is 27.9. The van der Waals surface area contributed by atoms with Crippen LogP contribution < -0.4 is 37.2 Å². The highest BCUT2D eigenvalue weighted by atomic mass is 32.2. The number of H-pyrrole nitrogens is 4. The predicted molar refractivity (Wildman–Crippen MR) is 653 cm³/mol. The Bertz CT molecular complexity index is 6940. The monoisotopic (exact) mass is 2130 g/mol. The molecule has 19 rings (SSSR count). The fourth-order valence-corrected chi connectivity index (χ4v) is 21.3. The lowest BCUT2D eigenvalue weighted by atomic mass is 10.1. The maximum Gasteiger partial charge on any atom is 0.137 e. The third-order valence-corrected chi connectivity index (χ3v) is 32.9. The zero-order valence-corrected chi connectivity index (χ0v) is 91.4. The van der Waals surface area contributed by atoms with Crippen LogP contribution in [0.25, 0.3) is 85.5 Å². The molecule has 7 heterocycles. The molecule has 28 heteroatoms. The summed E-state index contributed by atoms with van der Waals surface area (Å²) in [5.41, 5.74) is 20.3. The topological polar surface area (TPSA) is 160 Å². The third-order valence-electron chi connectivity index (χ3n) is 22.3. The lowest BCUT2D eigenvalue weighted by molar-refractivity contribution is 0.653. The molecule has 0 spiro atoms. The van der Waals surface area contributed by atoms with E-state index in [-0.39, 0.29) is 0 Å². The summed E-state index contributed by atoms with van der Waals surface area (Å²) in [7, 11) is 0. The highest BCUT2D eigenvalue weighted by Crippen LogP contribution is 2.31. The summed E-state index contributed by atoms with van der Waals surface area (Å²) >= 11 is 51.4. The quantitative estimate of drug-likeness (QED) is 0.0149. The maximum atomic E-state index is 5.39. The molecule has 0 unspecified atom stereocenters. The van der Waals surface area contributed by atoms with Gasteiger partial charge in [0.15, 0.2) is 0 Å². The van der Waals surface area contributed by atoms with Crippen LogP contribution in [0.5, 0.6) is 0 Å². The molecule has 0 aliphatic heterocycles. The first-order chi connectivity index (χ1) is 68.0. The van der Waals surface area contributed by atoms with Crippen LogP contribution in [0.15, 0.2) is 327 Å². The summed E-state index contributed by atoms with van der Waals surface area (Å²) < 4.78 is 8.73. The molecule has 0 saturated carbocycles. The molecule has 18 aromatic rings. The van der Waals surface area contributed by atoms with Gasteiger partial charge >= 0.3 is 0 Å². The van der Waals surface area contributed by atoms with Crippen LogP contribution in [0.4, 0.5) is 5.69 Å². The number of fused-ring (bicyclic) bond motifs is 10. The molecule has 0 atom stereocenters. The highest BCUT2D eigenvalue weighted by Gasteiger charge is 2.21. The van der Waals surface area contributed by atoms with Gasteiger partial charge in [0, 0.05) is 144 Å². The third kappa shape index (κ3) is 35.6. The molecule has 0 saturated heterocycles. The van der Waals surface area contributed by atoms with Crippen molar-refractivity contribution in [1.82, 2.24) is 56.8 Å². The van der Waals surface area contributed by atoms with E-state index in [9.17, 15) is 0 Å². The van der Waals surface area contributed by atoms with Gasteiger partial charge in [0.2, 0.25) is 0 Å². The van der Waals surface area contributed by atoms with Crippen molar-refractivity contribution in [1.29, 1.82) is 0 Å². The van der Waals surface area contributed by atoms with E-state index in [0.717, 1.165) is 147 Å². The Kier molecular flexibility index (Phi) is 46.9. The van der Waals surface area contributed by atoms with E-state index in [2.05, 4.69) is 323 Å². The number of aromatic nitrogens is 5. The minimum atomic E-state index is 0.507. The molecule has 716 valence electrons. The highest BCUT2D eigenvalue weighted by molar-refractivity contribution is 8.24. The van der Waals surface area contributed by atoms with Crippen LogP contribution in [-0.2, 0) is 63.1 Å². The average Bonchev–Trinajstić information content (AvgIpc) is 1.66. The molecule has 11 aromatic carbocycles. The van der Waals surface area contributed by atoms with Crippen molar-refractivity contribution in [3.8, 4) is 0 Å². The van der Waals surface area contributed by atoms with Gasteiger partial charge in [-0.25, -0.2) is 0 Å². The molecule has 0 radical (unpaired) electrons. The van der Waals surface area contributed by atoms with Gasteiger partial charge in [-0.3, -0.25) is 4.98 Å². The standard InChI is InChI=1S/C18H18N2S2.C17H16N2S2.C15H16N2.C13H14N2S2.C13H15NS3.C12H13NS3.C12H11NS2.C11H13NS2/c21-18(22-13-14-6-2-1-3-7-14)19-11-10-15-12-20-17-9-5-4-8-16(15)17;20-17(21-12-13-6-2-1-3-7-13)19-11-14-10-18-16-9-5-4-8-15(14)16;1-2-3-6-11-9-13-12-7-4-5-8-14(12)17-15(13)10-16-11;1-2-7-17-13(16)15-9-10-8-14-12-6-4-3-5-11(10)12;1-16-13(15)14-8-4-5-10-9-17-12-7-3-2-6-11(10)12;1-15-12(14)13-7-6-9-8-16-11-5-3-2-4-10(9)11;1-15-12(14)13-11-7-6-9-4-2-3-5-10(9)8-11;1-14-11(13)12-10-6-8-4-2-3-5-9(8)7-10/h1-9,12,20H,10-11,13H2,(H,19,21);1-10,18H,11-12H2,(H,19,20);4-5,7-10,17H,2-3,6H2,1H3;2-6,8,14H,1,7,9H2,(H,15,16);2-3,6-7,9H,4-5,8H2,1H3,(H,14,15);2-5,8H,6-7H2,1H3,(H,13,14);2-8H,1H3,(H,13,14);2-5,10H,6-7H2,1H3,(H,12,13). The fraction of sp³-hybridized carbons (Fsp3) is 0.207. The lowest BCUT2D eigenvalue weighted by Crippen LogP contribution is -2.32. The number of pyridine rings is 1. The van der Waals surface area contributed by atoms with Gasteiger partial charge in [-0.15, -0.1) is 76.3 Å². The number of hydrogen-bond donors (Lipinski definition) is 11. The van der Waals surface area contributed by atoms with E-state index in [1.54, 1.807) is 82.3 Å². The van der Waals surface area contributed by atoms with E-state index in [1.165, 1.54) is 138 Å². The summed E-state index contributed by atoms with van der Waals surface area (Å²) in [5, 5.41) is 39.1. The van der Waals surface area contributed by atoms with Gasteiger partial charge in [0.25, 0.3) is 0 Å². The minimum Gasteiger partial charge on any atom is -0.371 e. The van der Waals surface area contributed by atoms with Gasteiger partial charge in [-0.2, -0.15) is 0 Å². The van der Waals surface area contributed by atoms with Gasteiger partial charge in [0.1, 0.15) is 30.2 Å². The first kappa shape index (κ1) is 108. The number of para-hydroxylation sites is 4. The van der Waals surface area contributed by atoms with Gasteiger partial charge in [-0.1, -0.05) is 365 Å². The smallest absolute Gasteiger partial charge is 0.137 e. The maximum absolute atomic E-state index is 5.39. The molecule has 7 aromatic heterocycles. The molecule has 11 N–H and O–H groups in total. The number of nitrogens with zero attached hydrogens (tertiary/aromatic N) is 1. The number of anilines is 1. The first-order valence-electron chi connectivity index (χ1n) is 45.8. The second-order valence-electron chi connectivity index (χ2n) is 31.9. The Balaban J connectivity index is 0.000000143. The summed E-state index contributed by atoms with van der Waals surface area (Å²) in [6.45, 7) is 10.1. The fourth-order valence-electron chi connectivity index (χ4n) is 15.2. The van der Waals surface area contributed by atoms with Crippen LogP contribution in [0.3, 0.4) is 0 Å². The number of aromatic amines is 4. The Morgan fingerprint density at radius 3 is 1.37 bits per heavy atom. The molecule has 1 aliphatic carbocycles. The summed E-state index contributed by atoms with van der Waals surface area (Å²) in [6, 6.07) is 97.2. The van der Waals surface area contributed by atoms with Gasteiger partial charge in [-0.05, 0) is 213 Å². The van der Waals surface area contributed by atoms with Crippen LogP contribution in [0.2, 0.25) is 0 Å². The molecule has 1 aliphatic rings. The largest absolute Gasteiger partial charge is 0.371 e. The van der Waals surface area contributed by atoms with Crippen molar-refractivity contribution in [2.45, 2.75) is 95.3 Å². The van der Waals surface area contributed by atoms with Crippen molar-refractivity contribution in [3.63, 3.8) is 0 Å². The van der Waals surface area contributed by atoms with Crippen molar-refractivity contribution in [2.24, 2.45) is 0 Å². The Hall–Kier alpha value is -9.41. The first-order valence-corrected chi connectivity index (χ1v) is 58.2. The van der Waals surface area contributed by atoms with Gasteiger partial charge in [0.05, 0.1) is 11.7 Å². The number of thiophene rings is 2. The predicted octanol–water partition coefficient (Wildman–Crippen LogP) is 30.6. The van der Waals surface area contributed by atoms with Crippen molar-refractivity contribution >= 4 is 312 Å².